The van der Waals surface area contributed by atoms with Crippen LogP contribution in [0.2, 0.25) is 0 Å². The summed E-state index contributed by atoms with van der Waals surface area (Å²) >= 11 is 0. The van der Waals surface area contributed by atoms with E-state index in [9.17, 15) is 9.59 Å². The van der Waals surface area contributed by atoms with Gasteiger partial charge in [0.2, 0.25) is 5.91 Å². The van der Waals surface area contributed by atoms with Gasteiger partial charge in [-0.3, -0.25) is 9.79 Å². The van der Waals surface area contributed by atoms with Crippen LogP contribution < -0.4 is 10.1 Å². The number of nitrogens with zero attached hydrogens (tertiary/aromatic N) is 1. The number of allylic oxidation sites excluding steroid dienone is 2. The number of carbonyl (C=O) groups is 2. The van der Waals surface area contributed by atoms with Gasteiger partial charge < -0.3 is 14.8 Å². The largest absolute Gasteiger partial charge is 0.495 e. The number of benzene rings is 1. The smallest absolute Gasteiger partial charge is 0.338 e. The molecule has 1 amide bonds. The predicted molar refractivity (Wildman–Crippen MR) is 90.4 cm³/mol. The zero-order chi connectivity index (χ0) is 17.2. The molecule has 6 nitrogen and oxygen atoms in total. The summed E-state index contributed by atoms with van der Waals surface area (Å²) in [7, 11) is 1.47. The third kappa shape index (κ3) is 6.34. The number of aliphatic imine (C=N–C) groups is 1. The van der Waals surface area contributed by atoms with Crippen LogP contribution in [0.1, 0.15) is 31.1 Å². The Kier molecular flexibility index (Phi) is 7.53. The van der Waals surface area contributed by atoms with E-state index in [0.29, 0.717) is 23.6 Å². The molecule has 1 N–H and O–H groups in total. The molecule has 0 unspecified atom stereocenters. The van der Waals surface area contributed by atoms with E-state index in [2.05, 4.69) is 10.3 Å². The van der Waals surface area contributed by atoms with Crippen LogP contribution >= 0.6 is 0 Å². The maximum Gasteiger partial charge on any atom is 0.338 e. The van der Waals surface area contributed by atoms with Crippen LogP contribution in [0.4, 0.5) is 5.69 Å². The summed E-state index contributed by atoms with van der Waals surface area (Å²) in [5, 5.41) is 2.70. The molecule has 0 saturated carbocycles. The van der Waals surface area contributed by atoms with Gasteiger partial charge in [0, 0.05) is 6.21 Å². The van der Waals surface area contributed by atoms with Crippen molar-refractivity contribution in [2.75, 3.05) is 25.6 Å². The Morgan fingerprint density at radius 2 is 2.04 bits per heavy atom. The molecular formula is C17H22N2O4. The molecule has 0 aliphatic heterocycles. The number of rotatable bonds is 7. The van der Waals surface area contributed by atoms with Crippen molar-refractivity contribution in [1.29, 1.82) is 0 Å². The Hall–Kier alpha value is -2.63. The molecule has 0 heterocycles. The zero-order valence-electron chi connectivity index (χ0n) is 13.9. The number of methoxy groups -OCH3 is 1. The van der Waals surface area contributed by atoms with Crippen LogP contribution in [0.15, 0.2) is 34.8 Å². The third-order valence-corrected chi connectivity index (χ3v) is 2.73. The molecule has 0 fully saturated rings. The monoisotopic (exact) mass is 318 g/mol. The Morgan fingerprint density at radius 1 is 1.30 bits per heavy atom. The molecule has 23 heavy (non-hydrogen) atoms. The Morgan fingerprint density at radius 3 is 2.65 bits per heavy atom. The molecule has 124 valence electrons. The molecule has 1 aromatic rings. The van der Waals surface area contributed by atoms with Crippen LogP contribution in [0, 0.1) is 0 Å². The minimum absolute atomic E-state index is 0.00651. The number of carbonyl (C=O) groups excluding carboxylic acids is 2. The Balaban J connectivity index is 2.76. The van der Waals surface area contributed by atoms with Crippen LogP contribution in [-0.4, -0.2) is 38.4 Å². The van der Waals surface area contributed by atoms with Crippen LogP contribution in [0.25, 0.3) is 0 Å². The van der Waals surface area contributed by atoms with Crippen LogP contribution in [-0.2, 0) is 9.53 Å². The molecule has 0 radical (unpaired) electrons. The highest BCUT2D eigenvalue weighted by Gasteiger charge is 2.12. The summed E-state index contributed by atoms with van der Waals surface area (Å²) in [5.41, 5.74) is 1.94. The molecule has 6 heteroatoms. The molecule has 0 aromatic heterocycles. The lowest BCUT2D eigenvalue weighted by Crippen LogP contribution is -2.16. The lowest BCUT2D eigenvalue weighted by molar-refractivity contribution is -0.114. The number of nitrogens with one attached hydrogen (secondary N) is 1. The van der Waals surface area contributed by atoms with Gasteiger partial charge in [-0.05, 0) is 45.0 Å². The van der Waals surface area contributed by atoms with E-state index in [1.165, 1.54) is 13.2 Å². The summed E-state index contributed by atoms with van der Waals surface area (Å²) in [4.78, 5) is 27.5. The Bertz CT molecular complexity index is 617. The van der Waals surface area contributed by atoms with E-state index in [0.717, 1.165) is 5.57 Å². The second-order valence-electron chi connectivity index (χ2n) is 4.92. The van der Waals surface area contributed by atoms with Crippen molar-refractivity contribution < 1.29 is 19.1 Å². The highest BCUT2D eigenvalue weighted by Crippen LogP contribution is 2.25. The number of ether oxygens (including phenoxy) is 2. The van der Waals surface area contributed by atoms with Crippen molar-refractivity contribution in [3.8, 4) is 5.75 Å². The van der Waals surface area contributed by atoms with E-state index in [-0.39, 0.29) is 12.5 Å². The molecule has 1 aromatic carbocycles. The first kappa shape index (κ1) is 18.4. The summed E-state index contributed by atoms with van der Waals surface area (Å²) in [5.74, 6) is -0.322. The van der Waals surface area contributed by atoms with E-state index >= 15 is 0 Å². The lowest BCUT2D eigenvalue weighted by Gasteiger charge is -2.11. The highest BCUT2D eigenvalue weighted by atomic mass is 16.5. The topological polar surface area (TPSA) is 77.0 Å². The molecule has 0 atom stereocenters. The van der Waals surface area contributed by atoms with Crippen molar-refractivity contribution >= 4 is 23.8 Å². The number of esters is 1. The first-order chi connectivity index (χ1) is 11.0. The van der Waals surface area contributed by atoms with Gasteiger partial charge in [0.15, 0.2) is 0 Å². The van der Waals surface area contributed by atoms with Gasteiger partial charge in [-0.1, -0.05) is 5.57 Å². The Labute approximate surface area is 136 Å². The first-order valence-electron chi connectivity index (χ1n) is 7.26. The van der Waals surface area contributed by atoms with Gasteiger partial charge in [0.1, 0.15) is 12.3 Å². The first-order valence-corrected chi connectivity index (χ1v) is 7.26. The average Bonchev–Trinajstić information content (AvgIpc) is 2.52. The molecular weight excluding hydrogens is 296 g/mol. The lowest BCUT2D eigenvalue weighted by atomic mass is 10.2. The third-order valence-electron chi connectivity index (χ3n) is 2.73. The quantitative estimate of drug-likeness (QED) is 0.619. The summed E-state index contributed by atoms with van der Waals surface area (Å²) in [6, 6.07) is 4.70. The van der Waals surface area contributed by atoms with Gasteiger partial charge in [-0.2, -0.15) is 0 Å². The van der Waals surface area contributed by atoms with E-state index < -0.39 is 5.97 Å². The second-order valence-corrected chi connectivity index (χ2v) is 4.92. The molecule has 0 bridgehead atoms. The van der Waals surface area contributed by atoms with Crippen molar-refractivity contribution in [2.45, 2.75) is 20.8 Å². The molecule has 0 saturated heterocycles. The van der Waals surface area contributed by atoms with Crippen LogP contribution in [0.5, 0.6) is 5.75 Å². The minimum Gasteiger partial charge on any atom is -0.495 e. The van der Waals surface area contributed by atoms with Gasteiger partial charge >= 0.3 is 5.97 Å². The summed E-state index contributed by atoms with van der Waals surface area (Å²) in [6.45, 7) is 5.93. The van der Waals surface area contributed by atoms with E-state index in [1.54, 1.807) is 25.3 Å². The van der Waals surface area contributed by atoms with Gasteiger partial charge in [-0.15, -0.1) is 0 Å². The number of amides is 1. The van der Waals surface area contributed by atoms with E-state index in [4.69, 9.17) is 9.47 Å². The summed E-state index contributed by atoms with van der Waals surface area (Å²) in [6.07, 6.45) is 3.41. The summed E-state index contributed by atoms with van der Waals surface area (Å²) < 4.78 is 10.1. The second kappa shape index (κ2) is 9.40. The minimum atomic E-state index is -0.435. The molecule has 0 aliphatic rings. The fourth-order valence-corrected chi connectivity index (χ4v) is 1.66. The zero-order valence-corrected chi connectivity index (χ0v) is 13.9. The van der Waals surface area contributed by atoms with E-state index in [1.807, 2.05) is 19.9 Å². The number of anilines is 1. The average molecular weight is 318 g/mol. The highest BCUT2D eigenvalue weighted by molar-refractivity contribution is 5.96. The SMILES string of the molecule is CCOC(=O)c1ccc(NC(=O)C/N=C/C=C(C)C)c(OC)c1. The standard InChI is InChI=1S/C17H22N2O4/c1-5-23-17(21)13-6-7-14(15(10-13)22-4)19-16(20)11-18-9-8-12(2)3/h6-10H,5,11H2,1-4H3,(H,19,20)/b18-9+. The predicted octanol–water partition coefficient (Wildman–Crippen LogP) is 2.85. The fraction of sp³-hybridized carbons (Fsp3) is 0.353. The van der Waals surface area contributed by atoms with Crippen molar-refractivity contribution in [3.63, 3.8) is 0 Å². The van der Waals surface area contributed by atoms with Crippen molar-refractivity contribution in [2.24, 2.45) is 4.99 Å². The fourth-order valence-electron chi connectivity index (χ4n) is 1.66. The van der Waals surface area contributed by atoms with Gasteiger partial charge in [0.25, 0.3) is 0 Å². The number of hydrogen-bond acceptors (Lipinski definition) is 5. The normalized spacial score (nSPS) is 10.3. The van der Waals surface area contributed by atoms with Crippen molar-refractivity contribution in [1.82, 2.24) is 0 Å². The van der Waals surface area contributed by atoms with Crippen molar-refractivity contribution in [3.05, 3.63) is 35.4 Å². The van der Waals surface area contributed by atoms with Gasteiger partial charge in [0.05, 0.1) is 25.0 Å². The molecule has 0 aliphatic carbocycles. The molecule has 1 rings (SSSR count). The molecule has 0 spiro atoms. The maximum atomic E-state index is 11.9. The van der Waals surface area contributed by atoms with Crippen LogP contribution in [0.3, 0.4) is 0 Å². The van der Waals surface area contributed by atoms with Gasteiger partial charge in [-0.25, -0.2) is 4.79 Å². The number of hydrogen-bond donors (Lipinski definition) is 1. The maximum absolute atomic E-state index is 11.9.